The van der Waals surface area contributed by atoms with Crippen LogP contribution in [0.3, 0.4) is 0 Å². The fourth-order valence-electron chi connectivity index (χ4n) is 2.38. The second-order valence-electron chi connectivity index (χ2n) is 5.14. The second-order valence-corrected chi connectivity index (χ2v) is 5.14. The summed E-state index contributed by atoms with van der Waals surface area (Å²) in [5.74, 6) is 0. The van der Waals surface area contributed by atoms with Crippen molar-refractivity contribution in [2.45, 2.75) is 19.9 Å². The molecule has 1 aromatic rings. The molecule has 0 aromatic heterocycles. The maximum atomic E-state index is 11.7. The molecular formula is C13H18N2O. The molecule has 16 heavy (non-hydrogen) atoms. The largest absolute Gasteiger partial charge is 0.331 e. The molecule has 3 nitrogen and oxygen atoms in total. The molecule has 1 aromatic carbocycles. The summed E-state index contributed by atoms with van der Waals surface area (Å²) in [5, 5.41) is 3.06. The summed E-state index contributed by atoms with van der Waals surface area (Å²) < 4.78 is 0. The number of benzene rings is 1. The van der Waals surface area contributed by atoms with Crippen molar-refractivity contribution in [2.24, 2.45) is 5.41 Å². The Morgan fingerprint density at radius 2 is 1.94 bits per heavy atom. The summed E-state index contributed by atoms with van der Waals surface area (Å²) in [6.07, 6.45) is 0. The molecule has 2 rings (SSSR count). The van der Waals surface area contributed by atoms with Gasteiger partial charge in [-0.25, -0.2) is 4.79 Å². The highest BCUT2D eigenvalue weighted by Gasteiger charge is 2.38. The van der Waals surface area contributed by atoms with Gasteiger partial charge in [-0.2, -0.15) is 0 Å². The zero-order chi connectivity index (χ0) is 11.8. The third-order valence-electron chi connectivity index (χ3n) is 3.17. The van der Waals surface area contributed by atoms with Crippen molar-refractivity contribution >= 4 is 6.03 Å². The van der Waals surface area contributed by atoms with Gasteiger partial charge in [0.05, 0.1) is 6.04 Å². The molecule has 0 unspecified atom stereocenters. The lowest BCUT2D eigenvalue weighted by atomic mass is 9.79. The first-order chi connectivity index (χ1) is 7.50. The van der Waals surface area contributed by atoms with Crippen molar-refractivity contribution in [1.29, 1.82) is 0 Å². The first-order valence-corrected chi connectivity index (χ1v) is 5.57. The SMILES string of the molecule is CN1CC(C)(C)[C@@H](c2ccccc2)NC1=O. The third kappa shape index (κ3) is 1.90. The van der Waals surface area contributed by atoms with E-state index in [1.165, 1.54) is 5.56 Å². The number of nitrogens with zero attached hydrogens (tertiary/aromatic N) is 1. The van der Waals surface area contributed by atoms with E-state index in [9.17, 15) is 4.79 Å². The van der Waals surface area contributed by atoms with Crippen LogP contribution in [0.4, 0.5) is 4.79 Å². The number of carbonyl (C=O) groups is 1. The molecule has 0 spiro atoms. The van der Waals surface area contributed by atoms with E-state index in [2.05, 4.69) is 31.3 Å². The highest BCUT2D eigenvalue weighted by Crippen LogP contribution is 2.36. The van der Waals surface area contributed by atoms with Crippen LogP contribution < -0.4 is 5.32 Å². The van der Waals surface area contributed by atoms with E-state index in [1.54, 1.807) is 4.90 Å². The Morgan fingerprint density at radius 1 is 1.31 bits per heavy atom. The minimum atomic E-state index is 0.00757. The smallest absolute Gasteiger partial charge is 0.317 e. The molecule has 2 amide bonds. The van der Waals surface area contributed by atoms with Gasteiger partial charge in [-0.05, 0) is 5.56 Å². The highest BCUT2D eigenvalue weighted by molar-refractivity contribution is 5.75. The van der Waals surface area contributed by atoms with Crippen LogP contribution >= 0.6 is 0 Å². The fourth-order valence-corrected chi connectivity index (χ4v) is 2.38. The van der Waals surface area contributed by atoms with Crippen molar-refractivity contribution in [3.63, 3.8) is 0 Å². The Bertz CT molecular complexity index is 386. The molecule has 3 heteroatoms. The molecule has 1 N–H and O–H groups in total. The molecule has 1 aliphatic heterocycles. The fraction of sp³-hybridized carbons (Fsp3) is 0.462. The normalized spacial score (nSPS) is 24.1. The van der Waals surface area contributed by atoms with Gasteiger partial charge in [0.2, 0.25) is 0 Å². The molecule has 0 radical (unpaired) electrons. The van der Waals surface area contributed by atoms with Crippen molar-refractivity contribution in [3.05, 3.63) is 35.9 Å². The van der Waals surface area contributed by atoms with E-state index in [0.29, 0.717) is 0 Å². The van der Waals surface area contributed by atoms with Crippen LogP contribution in [0.5, 0.6) is 0 Å². The maximum absolute atomic E-state index is 11.7. The van der Waals surface area contributed by atoms with Gasteiger partial charge in [0.15, 0.2) is 0 Å². The van der Waals surface area contributed by atoms with Crippen LogP contribution in [0.25, 0.3) is 0 Å². The Kier molecular flexibility index (Phi) is 2.62. The minimum absolute atomic E-state index is 0.00757. The molecule has 1 atom stereocenters. The van der Waals surface area contributed by atoms with Crippen molar-refractivity contribution in [2.75, 3.05) is 13.6 Å². The van der Waals surface area contributed by atoms with Gasteiger partial charge in [-0.15, -0.1) is 0 Å². The number of hydrogen-bond acceptors (Lipinski definition) is 1. The monoisotopic (exact) mass is 218 g/mol. The summed E-state index contributed by atoms with van der Waals surface area (Å²) >= 11 is 0. The van der Waals surface area contributed by atoms with Crippen LogP contribution in [0.1, 0.15) is 25.5 Å². The first kappa shape index (κ1) is 11.0. The molecule has 1 saturated heterocycles. The summed E-state index contributed by atoms with van der Waals surface area (Å²) in [7, 11) is 1.83. The van der Waals surface area contributed by atoms with Crippen molar-refractivity contribution < 1.29 is 4.79 Å². The van der Waals surface area contributed by atoms with E-state index < -0.39 is 0 Å². The van der Waals surface area contributed by atoms with Crippen molar-refractivity contribution in [3.8, 4) is 0 Å². The first-order valence-electron chi connectivity index (χ1n) is 5.57. The topological polar surface area (TPSA) is 32.3 Å². The van der Waals surface area contributed by atoms with Gasteiger partial charge in [0.25, 0.3) is 0 Å². The summed E-state index contributed by atoms with van der Waals surface area (Å²) in [5.41, 5.74) is 1.22. The molecule has 0 aliphatic carbocycles. The number of rotatable bonds is 1. The van der Waals surface area contributed by atoms with Gasteiger partial charge < -0.3 is 10.2 Å². The number of nitrogens with one attached hydrogen (secondary N) is 1. The highest BCUT2D eigenvalue weighted by atomic mass is 16.2. The number of amides is 2. The van der Waals surface area contributed by atoms with Crippen molar-refractivity contribution in [1.82, 2.24) is 10.2 Å². The average Bonchev–Trinajstić information content (AvgIpc) is 2.24. The van der Waals surface area contributed by atoms with Gasteiger partial charge in [0.1, 0.15) is 0 Å². The van der Waals surface area contributed by atoms with Crippen LogP contribution in [-0.4, -0.2) is 24.5 Å². The van der Waals surface area contributed by atoms with Crippen LogP contribution in [-0.2, 0) is 0 Å². The predicted molar refractivity (Wildman–Crippen MR) is 64.1 cm³/mol. The Labute approximate surface area is 96.5 Å². The average molecular weight is 218 g/mol. The van der Waals surface area contributed by atoms with Crippen LogP contribution in [0.15, 0.2) is 30.3 Å². The Hall–Kier alpha value is -1.51. The lowest BCUT2D eigenvalue weighted by Crippen LogP contribution is -2.54. The van der Waals surface area contributed by atoms with E-state index >= 15 is 0 Å². The van der Waals surface area contributed by atoms with Crippen LogP contribution in [0.2, 0.25) is 0 Å². The lowest BCUT2D eigenvalue weighted by molar-refractivity contribution is 0.117. The third-order valence-corrected chi connectivity index (χ3v) is 3.17. The number of carbonyl (C=O) groups excluding carboxylic acids is 1. The van der Waals surface area contributed by atoms with E-state index in [-0.39, 0.29) is 17.5 Å². The molecule has 0 saturated carbocycles. The van der Waals surface area contributed by atoms with Gasteiger partial charge in [-0.1, -0.05) is 44.2 Å². The summed E-state index contributed by atoms with van der Waals surface area (Å²) in [4.78, 5) is 13.4. The zero-order valence-corrected chi connectivity index (χ0v) is 10.0. The molecular weight excluding hydrogens is 200 g/mol. The van der Waals surface area contributed by atoms with E-state index in [4.69, 9.17) is 0 Å². The van der Waals surface area contributed by atoms with E-state index in [0.717, 1.165) is 6.54 Å². The Balaban J connectivity index is 2.30. The minimum Gasteiger partial charge on any atom is -0.331 e. The van der Waals surface area contributed by atoms with Gasteiger partial charge in [-0.3, -0.25) is 0 Å². The maximum Gasteiger partial charge on any atom is 0.317 e. The zero-order valence-electron chi connectivity index (χ0n) is 10.0. The Morgan fingerprint density at radius 3 is 2.56 bits per heavy atom. The number of urea groups is 1. The van der Waals surface area contributed by atoms with E-state index in [1.807, 2.05) is 25.2 Å². The molecule has 1 fully saturated rings. The lowest BCUT2D eigenvalue weighted by Gasteiger charge is -2.43. The predicted octanol–water partition coefficient (Wildman–Crippen LogP) is 2.41. The summed E-state index contributed by atoms with van der Waals surface area (Å²) in [6.45, 7) is 5.14. The number of hydrogen-bond donors (Lipinski definition) is 1. The van der Waals surface area contributed by atoms with Gasteiger partial charge in [0, 0.05) is 19.0 Å². The quantitative estimate of drug-likeness (QED) is 0.771. The molecule has 1 heterocycles. The summed E-state index contributed by atoms with van der Waals surface area (Å²) in [6, 6.07) is 10.3. The standard InChI is InChI=1S/C13H18N2O/c1-13(2)9-15(3)12(16)14-11(13)10-7-5-4-6-8-10/h4-8,11H,9H2,1-3H3,(H,14,16)/t11-/m1/s1. The van der Waals surface area contributed by atoms with Gasteiger partial charge >= 0.3 is 6.03 Å². The van der Waals surface area contributed by atoms with Crippen LogP contribution in [0, 0.1) is 5.41 Å². The molecule has 1 aliphatic rings. The second kappa shape index (κ2) is 3.81. The molecule has 0 bridgehead atoms. The molecule has 86 valence electrons.